The predicted octanol–water partition coefficient (Wildman–Crippen LogP) is 0.669. The largest absolute Gasteiger partial charge is 0.498 e. The first-order chi connectivity index (χ1) is 12.2. The van der Waals surface area contributed by atoms with E-state index >= 15 is 0 Å². The van der Waals surface area contributed by atoms with E-state index in [9.17, 15) is 0 Å². The molecule has 2 fully saturated rings. The molecule has 2 aliphatic rings. The Morgan fingerprint density at radius 2 is 1.69 bits per heavy atom. The van der Waals surface area contributed by atoms with Crippen molar-refractivity contribution in [1.82, 2.24) is 14.9 Å². The van der Waals surface area contributed by atoms with Gasteiger partial charge < -0.3 is 24.2 Å². The third-order valence-electron chi connectivity index (χ3n) is 6.01. The number of aliphatic hydroxyl groups excluding tert-OH is 1. The van der Waals surface area contributed by atoms with E-state index in [1.165, 1.54) is 0 Å². The SMILES string of the molecule is CN(CCO)C1CCN(c2ncc(B3OC(C)(C)C(C)(C)O3)cn2)CC1. The van der Waals surface area contributed by atoms with Gasteiger partial charge in [-0.3, -0.25) is 0 Å². The predicted molar refractivity (Wildman–Crippen MR) is 103 cm³/mol. The Morgan fingerprint density at radius 1 is 1.15 bits per heavy atom. The van der Waals surface area contributed by atoms with Gasteiger partial charge in [0.1, 0.15) is 0 Å². The summed E-state index contributed by atoms with van der Waals surface area (Å²) in [7, 11) is 1.65. The van der Waals surface area contributed by atoms with Gasteiger partial charge in [0.15, 0.2) is 0 Å². The normalized spacial score (nSPS) is 23.0. The molecule has 1 aromatic rings. The Bertz CT molecular complexity index is 587. The topological polar surface area (TPSA) is 71.0 Å². The number of nitrogens with zero attached hydrogens (tertiary/aromatic N) is 4. The molecule has 7 nitrogen and oxygen atoms in total. The molecule has 0 aromatic carbocycles. The van der Waals surface area contributed by atoms with Crippen LogP contribution < -0.4 is 10.4 Å². The highest BCUT2D eigenvalue weighted by molar-refractivity contribution is 6.61. The average molecular weight is 362 g/mol. The molecule has 0 unspecified atom stereocenters. The van der Waals surface area contributed by atoms with Gasteiger partial charge in [-0.1, -0.05) is 0 Å². The van der Waals surface area contributed by atoms with Crippen molar-refractivity contribution in [2.75, 3.05) is 38.2 Å². The molecular formula is C18H31BN4O3. The van der Waals surface area contributed by atoms with Gasteiger partial charge in [-0.05, 0) is 47.6 Å². The molecule has 144 valence electrons. The molecule has 3 rings (SSSR count). The molecule has 3 heterocycles. The molecule has 2 aliphatic heterocycles. The molecule has 0 spiro atoms. The molecule has 0 atom stereocenters. The van der Waals surface area contributed by atoms with E-state index in [1.54, 1.807) is 0 Å². The molecule has 1 aromatic heterocycles. The second-order valence-corrected chi connectivity index (χ2v) is 8.33. The smallest absolute Gasteiger partial charge is 0.399 e. The minimum atomic E-state index is -0.424. The van der Waals surface area contributed by atoms with E-state index in [2.05, 4.69) is 26.8 Å². The van der Waals surface area contributed by atoms with Crippen molar-refractivity contribution in [1.29, 1.82) is 0 Å². The lowest BCUT2D eigenvalue weighted by Gasteiger charge is -2.36. The molecule has 1 N–H and O–H groups in total. The summed E-state index contributed by atoms with van der Waals surface area (Å²) in [4.78, 5) is 13.6. The van der Waals surface area contributed by atoms with E-state index in [1.807, 2.05) is 40.1 Å². The van der Waals surface area contributed by atoms with Gasteiger partial charge in [-0.25, -0.2) is 9.97 Å². The lowest BCUT2D eigenvalue weighted by Crippen LogP contribution is -2.45. The lowest BCUT2D eigenvalue weighted by molar-refractivity contribution is 0.00578. The first kappa shape index (κ1) is 19.5. The summed E-state index contributed by atoms with van der Waals surface area (Å²) in [6, 6.07) is 0.516. The highest BCUT2D eigenvalue weighted by Gasteiger charge is 2.52. The zero-order chi connectivity index (χ0) is 18.9. The Morgan fingerprint density at radius 3 is 2.19 bits per heavy atom. The Hall–Kier alpha value is -1.22. The van der Waals surface area contributed by atoms with Gasteiger partial charge in [0, 0.05) is 43.5 Å². The Balaban J connectivity index is 1.59. The fourth-order valence-electron chi connectivity index (χ4n) is 3.44. The van der Waals surface area contributed by atoms with Gasteiger partial charge in [-0.15, -0.1) is 0 Å². The summed E-state index contributed by atoms with van der Waals surface area (Å²) in [6.07, 6.45) is 5.74. The Labute approximate surface area is 156 Å². The molecule has 0 saturated carbocycles. The monoisotopic (exact) mass is 362 g/mol. The van der Waals surface area contributed by atoms with Gasteiger partial charge in [0.2, 0.25) is 5.95 Å². The van der Waals surface area contributed by atoms with Crippen molar-refractivity contribution in [3.05, 3.63) is 12.4 Å². The third kappa shape index (κ3) is 3.88. The molecule has 0 bridgehead atoms. The van der Waals surface area contributed by atoms with Crippen LogP contribution in [0, 0.1) is 0 Å². The maximum Gasteiger partial charge on any atom is 0.498 e. The molecule has 0 aliphatic carbocycles. The molecule has 2 saturated heterocycles. The van der Waals surface area contributed by atoms with Crippen LogP contribution in [0.1, 0.15) is 40.5 Å². The number of aromatic nitrogens is 2. The van der Waals surface area contributed by atoms with Crippen molar-refractivity contribution in [2.45, 2.75) is 57.8 Å². The quantitative estimate of drug-likeness (QED) is 0.772. The molecule has 26 heavy (non-hydrogen) atoms. The zero-order valence-electron chi connectivity index (χ0n) is 16.6. The lowest BCUT2D eigenvalue weighted by atomic mass is 9.81. The summed E-state index contributed by atoms with van der Waals surface area (Å²) < 4.78 is 12.1. The number of aliphatic hydroxyl groups is 1. The van der Waals surface area contributed by atoms with E-state index in [4.69, 9.17) is 14.4 Å². The third-order valence-corrected chi connectivity index (χ3v) is 6.01. The Kier molecular flexibility index (Phi) is 5.58. The number of hydrogen-bond acceptors (Lipinski definition) is 7. The second kappa shape index (κ2) is 7.42. The van der Waals surface area contributed by atoms with Crippen LogP contribution in [-0.4, -0.2) is 77.6 Å². The summed E-state index contributed by atoms with van der Waals surface area (Å²) in [5.74, 6) is 0.758. The van der Waals surface area contributed by atoms with Crippen LogP contribution in [0.15, 0.2) is 12.4 Å². The minimum absolute atomic E-state index is 0.209. The molecule has 0 radical (unpaired) electrons. The van der Waals surface area contributed by atoms with E-state index in [-0.39, 0.29) is 17.8 Å². The van der Waals surface area contributed by atoms with Gasteiger partial charge in [0.05, 0.1) is 17.8 Å². The van der Waals surface area contributed by atoms with E-state index < -0.39 is 7.12 Å². The molecule has 8 heteroatoms. The number of rotatable bonds is 5. The van der Waals surface area contributed by atoms with Crippen molar-refractivity contribution in [3.63, 3.8) is 0 Å². The first-order valence-corrected chi connectivity index (χ1v) is 9.47. The summed E-state index contributed by atoms with van der Waals surface area (Å²) >= 11 is 0. The second-order valence-electron chi connectivity index (χ2n) is 8.33. The molecule has 0 amide bonds. The van der Waals surface area contributed by atoms with E-state index in [0.717, 1.165) is 43.9 Å². The number of likely N-dealkylation sites (N-methyl/N-ethyl adjacent to an activating group) is 1. The van der Waals surface area contributed by atoms with Crippen LogP contribution in [0.3, 0.4) is 0 Å². The van der Waals surface area contributed by atoms with Crippen molar-refractivity contribution in [3.8, 4) is 0 Å². The number of anilines is 1. The van der Waals surface area contributed by atoms with Gasteiger partial charge in [-0.2, -0.15) is 0 Å². The first-order valence-electron chi connectivity index (χ1n) is 9.47. The standard InChI is InChI=1S/C18H31BN4O3/c1-17(2)18(3,4)26-19(25-17)14-12-20-16(21-13-14)23-8-6-15(7-9-23)22(5)10-11-24/h12-13,15,24H,6-11H2,1-5H3. The summed E-state index contributed by atoms with van der Waals surface area (Å²) in [6.45, 7) is 11.0. The van der Waals surface area contributed by atoms with Crippen LogP contribution in [-0.2, 0) is 9.31 Å². The van der Waals surface area contributed by atoms with Gasteiger partial charge in [0.25, 0.3) is 0 Å². The van der Waals surface area contributed by atoms with E-state index in [0.29, 0.717) is 6.04 Å². The van der Waals surface area contributed by atoms with Gasteiger partial charge >= 0.3 is 7.12 Å². The van der Waals surface area contributed by atoms with Crippen molar-refractivity contribution in [2.24, 2.45) is 0 Å². The maximum atomic E-state index is 9.09. The van der Waals surface area contributed by atoms with Crippen LogP contribution >= 0.6 is 0 Å². The van der Waals surface area contributed by atoms with Crippen molar-refractivity contribution < 1.29 is 14.4 Å². The van der Waals surface area contributed by atoms with Crippen LogP contribution in [0.4, 0.5) is 5.95 Å². The average Bonchev–Trinajstić information content (AvgIpc) is 2.83. The van der Waals surface area contributed by atoms with Crippen molar-refractivity contribution >= 4 is 18.5 Å². The maximum absolute atomic E-state index is 9.09. The fourth-order valence-corrected chi connectivity index (χ4v) is 3.44. The highest BCUT2D eigenvalue weighted by atomic mass is 16.7. The summed E-state index contributed by atoms with van der Waals surface area (Å²) in [5.41, 5.74) is 0.127. The van der Waals surface area contributed by atoms with Crippen LogP contribution in [0.2, 0.25) is 0 Å². The summed E-state index contributed by atoms with van der Waals surface area (Å²) in [5, 5.41) is 9.09. The highest BCUT2D eigenvalue weighted by Crippen LogP contribution is 2.36. The number of piperidine rings is 1. The van der Waals surface area contributed by atoms with Crippen LogP contribution in [0.5, 0.6) is 0 Å². The minimum Gasteiger partial charge on any atom is -0.399 e. The van der Waals surface area contributed by atoms with Crippen LogP contribution in [0.25, 0.3) is 0 Å². The number of hydrogen-bond donors (Lipinski definition) is 1. The fraction of sp³-hybridized carbons (Fsp3) is 0.778. The molecular weight excluding hydrogens is 331 g/mol. The zero-order valence-corrected chi connectivity index (χ0v) is 16.6.